The summed E-state index contributed by atoms with van der Waals surface area (Å²) in [4.78, 5) is 14.7. The van der Waals surface area contributed by atoms with Gasteiger partial charge >= 0.3 is 6.18 Å². The number of fused-ring (bicyclic) bond motifs is 2. The van der Waals surface area contributed by atoms with Gasteiger partial charge in [0.25, 0.3) is 0 Å². The van der Waals surface area contributed by atoms with Crippen molar-refractivity contribution in [2.75, 3.05) is 25.2 Å². The SMILES string of the molecule is COc1cccc2c1C(C(=O)N1CCOc3ccc(C(F)(F)F)cc31)CC2. The molecule has 142 valence electrons. The first-order chi connectivity index (χ1) is 12.9. The first kappa shape index (κ1) is 17.7. The van der Waals surface area contributed by atoms with Crippen molar-refractivity contribution in [1.82, 2.24) is 0 Å². The van der Waals surface area contributed by atoms with Crippen molar-refractivity contribution in [1.29, 1.82) is 0 Å². The number of amides is 1. The molecule has 2 aromatic rings. The monoisotopic (exact) mass is 377 g/mol. The highest BCUT2D eigenvalue weighted by Crippen LogP contribution is 2.43. The van der Waals surface area contributed by atoms with Crippen LogP contribution < -0.4 is 14.4 Å². The number of hydrogen-bond donors (Lipinski definition) is 0. The van der Waals surface area contributed by atoms with Crippen LogP contribution >= 0.6 is 0 Å². The number of benzene rings is 2. The number of halogens is 3. The Kier molecular flexibility index (Phi) is 4.25. The third-order valence-electron chi connectivity index (χ3n) is 5.14. The minimum Gasteiger partial charge on any atom is -0.496 e. The molecule has 4 rings (SSSR count). The average molecular weight is 377 g/mol. The van der Waals surface area contributed by atoms with Crippen LogP contribution in [0.3, 0.4) is 0 Å². The molecule has 1 heterocycles. The summed E-state index contributed by atoms with van der Waals surface area (Å²) in [6, 6.07) is 8.88. The molecular formula is C20H18F3NO3. The maximum atomic E-state index is 13.3. The van der Waals surface area contributed by atoms with Gasteiger partial charge in [-0.2, -0.15) is 13.2 Å². The third-order valence-corrected chi connectivity index (χ3v) is 5.14. The lowest BCUT2D eigenvalue weighted by Gasteiger charge is -2.32. The van der Waals surface area contributed by atoms with E-state index in [0.717, 1.165) is 29.7 Å². The molecule has 0 N–H and O–H groups in total. The molecule has 7 heteroatoms. The second-order valence-electron chi connectivity index (χ2n) is 6.64. The number of hydrogen-bond acceptors (Lipinski definition) is 3. The van der Waals surface area contributed by atoms with Crippen LogP contribution in [-0.2, 0) is 17.4 Å². The molecule has 0 bridgehead atoms. The van der Waals surface area contributed by atoms with E-state index in [1.165, 1.54) is 11.0 Å². The Balaban J connectivity index is 1.72. The van der Waals surface area contributed by atoms with E-state index >= 15 is 0 Å². The first-order valence-electron chi connectivity index (χ1n) is 8.71. The third kappa shape index (κ3) is 3.01. The number of ether oxygens (including phenoxy) is 2. The molecular weight excluding hydrogens is 359 g/mol. The highest BCUT2D eigenvalue weighted by Gasteiger charge is 2.38. The molecule has 0 aromatic heterocycles. The van der Waals surface area contributed by atoms with Crippen molar-refractivity contribution in [3.05, 3.63) is 53.1 Å². The molecule has 27 heavy (non-hydrogen) atoms. The number of alkyl halides is 3. The van der Waals surface area contributed by atoms with Crippen LogP contribution in [0, 0.1) is 0 Å². The maximum Gasteiger partial charge on any atom is 0.416 e. The molecule has 1 amide bonds. The zero-order valence-corrected chi connectivity index (χ0v) is 14.7. The molecule has 0 saturated carbocycles. The predicted molar refractivity (Wildman–Crippen MR) is 93.3 cm³/mol. The van der Waals surface area contributed by atoms with Crippen LogP contribution in [0.25, 0.3) is 0 Å². The fraction of sp³-hybridized carbons (Fsp3) is 0.350. The van der Waals surface area contributed by atoms with Gasteiger partial charge < -0.3 is 14.4 Å². The summed E-state index contributed by atoms with van der Waals surface area (Å²) in [6.07, 6.45) is -3.13. The number of nitrogens with zero attached hydrogens (tertiary/aromatic N) is 1. The Morgan fingerprint density at radius 1 is 1.26 bits per heavy atom. The summed E-state index contributed by atoms with van der Waals surface area (Å²) < 4.78 is 50.2. The van der Waals surface area contributed by atoms with Crippen LogP contribution in [0.15, 0.2) is 36.4 Å². The summed E-state index contributed by atoms with van der Waals surface area (Å²) in [5.74, 6) is 0.278. The van der Waals surface area contributed by atoms with Crippen LogP contribution in [-0.4, -0.2) is 26.2 Å². The van der Waals surface area contributed by atoms with E-state index < -0.39 is 17.7 Å². The molecule has 0 fully saturated rings. The van der Waals surface area contributed by atoms with Crippen molar-refractivity contribution in [3.63, 3.8) is 0 Å². The molecule has 1 aliphatic carbocycles. The summed E-state index contributed by atoms with van der Waals surface area (Å²) in [7, 11) is 1.55. The number of methoxy groups -OCH3 is 1. The van der Waals surface area contributed by atoms with E-state index in [-0.39, 0.29) is 24.7 Å². The van der Waals surface area contributed by atoms with Crippen LogP contribution in [0.5, 0.6) is 11.5 Å². The number of carbonyl (C=O) groups is 1. The van der Waals surface area contributed by atoms with Crippen LogP contribution in [0.4, 0.5) is 18.9 Å². The highest BCUT2D eigenvalue weighted by atomic mass is 19.4. The van der Waals surface area contributed by atoms with Gasteiger partial charge in [-0.15, -0.1) is 0 Å². The van der Waals surface area contributed by atoms with E-state index in [1.54, 1.807) is 13.2 Å². The van der Waals surface area contributed by atoms with E-state index in [9.17, 15) is 18.0 Å². The van der Waals surface area contributed by atoms with Crippen molar-refractivity contribution in [2.45, 2.75) is 24.9 Å². The van der Waals surface area contributed by atoms with E-state index in [2.05, 4.69) is 0 Å². The van der Waals surface area contributed by atoms with Gasteiger partial charge in [0.1, 0.15) is 18.1 Å². The lowest BCUT2D eigenvalue weighted by atomic mass is 9.97. The number of anilines is 1. The lowest BCUT2D eigenvalue weighted by molar-refractivity contribution is -0.137. The summed E-state index contributed by atoms with van der Waals surface area (Å²) in [5, 5.41) is 0. The Hall–Kier alpha value is -2.70. The van der Waals surface area contributed by atoms with Gasteiger partial charge in [-0.05, 0) is 42.7 Å². The van der Waals surface area contributed by atoms with Gasteiger partial charge in [0.2, 0.25) is 5.91 Å². The van der Waals surface area contributed by atoms with Crippen LogP contribution in [0.2, 0.25) is 0 Å². The molecule has 1 unspecified atom stereocenters. The Labute approximate surface area is 154 Å². The average Bonchev–Trinajstić information content (AvgIpc) is 3.10. The van der Waals surface area contributed by atoms with Crippen molar-refractivity contribution < 1.29 is 27.4 Å². The molecule has 0 spiro atoms. The van der Waals surface area contributed by atoms with Crippen molar-refractivity contribution >= 4 is 11.6 Å². The lowest BCUT2D eigenvalue weighted by Crippen LogP contribution is -2.40. The number of aryl methyl sites for hydroxylation is 1. The second-order valence-corrected chi connectivity index (χ2v) is 6.64. The Bertz CT molecular complexity index is 895. The molecule has 2 aromatic carbocycles. The van der Waals surface area contributed by atoms with E-state index in [4.69, 9.17) is 9.47 Å². The van der Waals surface area contributed by atoms with Crippen LogP contribution in [0.1, 0.15) is 29.0 Å². The minimum absolute atomic E-state index is 0.171. The smallest absolute Gasteiger partial charge is 0.416 e. The summed E-state index contributed by atoms with van der Waals surface area (Å²) in [5.41, 5.74) is 1.26. The quantitative estimate of drug-likeness (QED) is 0.789. The molecule has 0 saturated heterocycles. The molecule has 2 aliphatic rings. The molecule has 1 aliphatic heterocycles. The second kappa shape index (κ2) is 6.48. The van der Waals surface area contributed by atoms with Gasteiger partial charge in [-0.1, -0.05) is 12.1 Å². The van der Waals surface area contributed by atoms with Crippen molar-refractivity contribution in [2.24, 2.45) is 0 Å². The van der Waals surface area contributed by atoms with E-state index in [0.29, 0.717) is 17.9 Å². The fourth-order valence-corrected chi connectivity index (χ4v) is 3.88. The summed E-state index contributed by atoms with van der Waals surface area (Å²) in [6.45, 7) is 0.462. The zero-order valence-electron chi connectivity index (χ0n) is 14.7. The van der Waals surface area contributed by atoms with E-state index in [1.807, 2.05) is 12.1 Å². The molecule has 0 radical (unpaired) electrons. The predicted octanol–water partition coefficient (Wildman–Crippen LogP) is 4.17. The highest BCUT2D eigenvalue weighted by molar-refractivity contribution is 6.00. The van der Waals surface area contributed by atoms with Gasteiger partial charge in [0, 0.05) is 5.56 Å². The standard InChI is InChI=1S/C20H18F3NO3/c1-26-17-4-2-3-12-5-7-14(18(12)17)19(25)24-9-10-27-16-8-6-13(11-15(16)24)20(21,22)23/h2-4,6,8,11,14H,5,7,9-10H2,1H3. The summed E-state index contributed by atoms with van der Waals surface area (Å²) >= 11 is 0. The Morgan fingerprint density at radius 2 is 2.07 bits per heavy atom. The molecule has 4 nitrogen and oxygen atoms in total. The number of carbonyl (C=O) groups excluding carboxylic acids is 1. The minimum atomic E-state index is -4.48. The topological polar surface area (TPSA) is 38.8 Å². The zero-order chi connectivity index (χ0) is 19.2. The first-order valence-corrected chi connectivity index (χ1v) is 8.71. The normalized spacial score (nSPS) is 18.5. The van der Waals surface area contributed by atoms with Crippen molar-refractivity contribution in [3.8, 4) is 11.5 Å². The largest absolute Gasteiger partial charge is 0.496 e. The fourth-order valence-electron chi connectivity index (χ4n) is 3.88. The molecule has 1 atom stereocenters. The van der Waals surface area contributed by atoms with Gasteiger partial charge in [-0.25, -0.2) is 0 Å². The van der Waals surface area contributed by atoms with Gasteiger partial charge in [0.05, 0.1) is 30.8 Å². The van der Waals surface area contributed by atoms with Gasteiger partial charge in [0.15, 0.2) is 0 Å². The number of rotatable bonds is 2. The maximum absolute atomic E-state index is 13.3. The van der Waals surface area contributed by atoms with Gasteiger partial charge in [-0.3, -0.25) is 4.79 Å². The Morgan fingerprint density at radius 3 is 2.81 bits per heavy atom.